The van der Waals surface area contributed by atoms with E-state index in [2.05, 4.69) is 5.32 Å². The minimum Gasteiger partial charge on any atom is -0.368 e. The Kier molecular flexibility index (Phi) is 5.11. The molecular weight excluding hydrogens is 295 g/mol. The van der Waals surface area contributed by atoms with E-state index in [4.69, 9.17) is 5.73 Å². The highest BCUT2D eigenvalue weighted by Crippen LogP contribution is 2.10. The first-order chi connectivity index (χ1) is 10.8. The first-order valence-corrected chi connectivity index (χ1v) is 7.28. The summed E-state index contributed by atoms with van der Waals surface area (Å²) in [5.41, 5.74) is 8.50. The molecule has 23 heavy (non-hydrogen) atoms. The highest BCUT2D eigenvalue weighted by atomic mass is 19.1. The Morgan fingerprint density at radius 2 is 1.65 bits per heavy atom. The van der Waals surface area contributed by atoms with Crippen molar-refractivity contribution in [3.05, 3.63) is 70.5 Å². The number of carbonyl (C=O) groups excluding carboxylic acids is 2. The quantitative estimate of drug-likeness (QED) is 0.888. The molecule has 1 atom stereocenters. The molecule has 0 aliphatic rings. The number of benzene rings is 2. The van der Waals surface area contributed by atoms with Crippen LogP contribution in [0.15, 0.2) is 42.5 Å². The summed E-state index contributed by atoms with van der Waals surface area (Å²) in [4.78, 5) is 23.9. The predicted molar refractivity (Wildman–Crippen MR) is 86.5 cm³/mol. The molecule has 0 unspecified atom stereocenters. The van der Waals surface area contributed by atoms with Crippen LogP contribution in [0.1, 0.15) is 27.0 Å². The lowest BCUT2D eigenvalue weighted by Crippen LogP contribution is -2.45. The van der Waals surface area contributed by atoms with E-state index in [0.29, 0.717) is 5.56 Å². The monoisotopic (exact) mass is 314 g/mol. The number of hydrogen-bond donors (Lipinski definition) is 2. The summed E-state index contributed by atoms with van der Waals surface area (Å²) in [6.45, 7) is 3.79. The van der Waals surface area contributed by atoms with Crippen LogP contribution in [-0.4, -0.2) is 17.9 Å². The van der Waals surface area contributed by atoms with Gasteiger partial charge in [-0.15, -0.1) is 0 Å². The summed E-state index contributed by atoms with van der Waals surface area (Å²) in [5, 5.41) is 2.64. The molecule has 5 heteroatoms. The second-order valence-electron chi connectivity index (χ2n) is 5.64. The number of halogens is 1. The van der Waals surface area contributed by atoms with Gasteiger partial charge in [0.15, 0.2) is 0 Å². The van der Waals surface area contributed by atoms with Crippen molar-refractivity contribution >= 4 is 11.8 Å². The Labute approximate surface area is 134 Å². The molecule has 4 nitrogen and oxygen atoms in total. The zero-order chi connectivity index (χ0) is 17.0. The molecular formula is C18H19FN2O2. The van der Waals surface area contributed by atoms with Crippen LogP contribution < -0.4 is 11.1 Å². The number of aryl methyl sites for hydroxylation is 2. The number of primary amides is 1. The van der Waals surface area contributed by atoms with Gasteiger partial charge in [0.05, 0.1) is 0 Å². The highest BCUT2D eigenvalue weighted by molar-refractivity contribution is 5.97. The van der Waals surface area contributed by atoms with Gasteiger partial charge in [0, 0.05) is 12.0 Å². The molecule has 0 saturated carbocycles. The third-order valence-corrected chi connectivity index (χ3v) is 3.49. The molecule has 0 fully saturated rings. The first-order valence-electron chi connectivity index (χ1n) is 7.28. The van der Waals surface area contributed by atoms with Gasteiger partial charge >= 0.3 is 0 Å². The van der Waals surface area contributed by atoms with E-state index in [-0.39, 0.29) is 18.1 Å². The Morgan fingerprint density at radius 1 is 1.09 bits per heavy atom. The van der Waals surface area contributed by atoms with Crippen LogP contribution in [0.2, 0.25) is 0 Å². The SMILES string of the molecule is Cc1cc(C)cc(C(=O)N[C@H](Cc2ccc(F)cc2)C(N)=O)c1. The van der Waals surface area contributed by atoms with E-state index in [1.54, 1.807) is 24.3 Å². The fourth-order valence-electron chi connectivity index (χ4n) is 2.43. The Morgan fingerprint density at radius 3 is 2.17 bits per heavy atom. The fourth-order valence-corrected chi connectivity index (χ4v) is 2.43. The van der Waals surface area contributed by atoms with Gasteiger partial charge in [-0.05, 0) is 43.7 Å². The van der Waals surface area contributed by atoms with Crippen molar-refractivity contribution in [1.29, 1.82) is 0 Å². The van der Waals surface area contributed by atoms with Crippen molar-refractivity contribution in [2.24, 2.45) is 5.73 Å². The third kappa shape index (κ3) is 4.64. The average Bonchev–Trinajstić information content (AvgIpc) is 2.47. The first kappa shape index (κ1) is 16.7. The maximum Gasteiger partial charge on any atom is 0.251 e. The molecule has 2 amide bonds. The minimum absolute atomic E-state index is 0.214. The van der Waals surface area contributed by atoms with Crippen molar-refractivity contribution in [3.63, 3.8) is 0 Å². The Balaban J connectivity index is 2.14. The topological polar surface area (TPSA) is 72.2 Å². The number of hydrogen-bond acceptors (Lipinski definition) is 2. The van der Waals surface area contributed by atoms with E-state index in [0.717, 1.165) is 16.7 Å². The minimum atomic E-state index is -0.853. The summed E-state index contributed by atoms with van der Waals surface area (Å²) in [6, 6.07) is 10.3. The number of nitrogens with one attached hydrogen (secondary N) is 1. The lowest BCUT2D eigenvalue weighted by molar-refractivity contribution is -0.119. The fraction of sp³-hybridized carbons (Fsp3) is 0.222. The summed E-state index contributed by atoms with van der Waals surface area (Å²) >= 11 is 0. The molecule has 0 saturated heterocycles. The van der Waals surface area contributed by atoms with Crippen LogP contribution in [-0.2, 0) is 11.2 Å². The average molecular weight is 314 g/mol. The molecule has 0 aliphatic heterocycles. The van der Waals surface area contributed by atoms with E-state index in [9.17, 15) is 14.0 Å². The molecule has 0 spiro atoms. The van der Waals surface area contributed by atoms with Crippen LogP contribution in [0.3, 0.4) is 0 Å². The van der Waals surface area contributed by atoms with Crippen molar-refractivity contribution in [3.8, 4) is 0 Å². The summed E-state index contributed by atoms with van der Waals surface area (Å²) in [5.74, 6) is -1.35. The maximum atomic E-state index is 12.9. The van der Waals surface area contributed by atoms with Gasteiger partial charge in [0.25, 0.3) is 5.91 Å². The largest absolute Gasteiger partial charge is 0.368 e. The standard InChI is InChI=1S/C18H19FN2O2/c1-11-7-12(2)9-14(8-11)18(23)21-16(17(20)22)10-13-3-5-15(19)6-4-13/h3-9,16H,10H2,1-2H3,(H2,20,22)(H,21,23)/t16-/m1/s1. The Bertz CT molecular complexity index is 706. The van der Waals surface area contributed by atoms with Gasteiger partial charge in [-0.25, -0.2) is 4.39 Å². The number of nitrogens with two attached hydrogens (primary N) is 1. The van der Waals surface area contributed by atoms with Crippen LogP contribution in [0.5, 0.6) is 0 Å². The number of amides is 2. The zero-order valence-corrected chi connectivity index (χ0v) is 13.1. The molecule has 3 N–H and O–H groups in total. The van der Waals surface area contributed by atoms with Crippen molar-refractivity contribution in [2.45, 2.75) is 26.3 Å². The van der Waals surface area contributed by atoms with Gasteiger partial charge in [0.2, 0.25) is 5.91 Å². The van der Waals surface area contributed by atoms with E-state index in [1.165, 1.54) is 12.1 Å². The second kappa shape index (κ2) is 7.05. The highest BCUT2D eigenvalue weighted by Gasteiger charge is 2.19. The third-order valence-electron chi connectivity index (χ3n) is 3.49. The zero-order valence-electron chi connectivity index (χ0n) is 13.1. The van der Waals surface area contributed by atoms with E-state index < -0.39 is 11.9 Å². The Hall–Kier alpha value is -2.69. The van der Waals surface area contributed by atoms with E-state index in [1.807, 2.05) is 19.9 Å². The molecule has 2 aromatic rings. The summed E-state index contributed by atoms with van der Waals surface area (Å²) in [7, 11) is 0. The second-order valence-corrected chi connectivity index (χ2v) is 5.64. The van der Waals surface area contributed by atoms with Gasteiger partial charge in [-0.1, -0.05) is 29.3 Å². The lowest BCUT2D eigenvalue weighted by atomic mass is 10.0. The molecule has 0 radical (unpaired) electrons. The summed E-state index contributed by atoms with van der Waals surface area (Å²) < 4.78 is 12.9. The van der Waals surface area contributed by atoms with Crippen LogP contribution in [0.4, 0.5) is 4.39 Å². The van der Waals surface area contributed by atoms with Crippen molar-refractivity contribution < 1.29 is 14.0 Å². The smallest absolute Gasteiger partial charge is 0.251 e. The van der Waals surface area contributed by atoms with Crippen LogP contribution in [0, 0.1) is 19.7 Å². The number of carbonyl (C=O) groups is 2. The van der Waals surface area contributed by atoms with Crippen molar-refractivity contribution in [2.75, 3.05) is 0 Å². The number of rotatable bonds is 5. The maximum absolute atomic E-state index is 12.9. The molecule has 2 rings (SSSR count). The van der Waals surface area contributed by atoms with E-state index >= 15 is 0 Å². The van der Waals surface area contributed by atoms with Gasteiger partial charge in [0.1, 0.15) is 11.9 Å². The van der Waals surface area contributed by atoms with Gasteiger partial charge < -0.3 is 11.1 Å². The summed E-state index contributed by atoms with van der Waals surface area (Å²) in [6.07, 6.45) is 0.214. The van der Waals surface area contributed by atoms with Crippen LogP contribution in [0.25, 0.3) is 0 Å². The molecule has 0 heterocycles. The lowest BCUT2D eigenvalue weighted by Gasteiger charge is -2.16. The molecule has 0 aliphatic carbocycles. The molecule has 120 valence electrons. The van der Waals surface area contributed by atoms with Gasteiger partial charge in [-0.3, -0.25) is 9.59 Å². The predicted octanol–water partition coefficient (Wildman–Crippen LogP) is 2.27. The van der Waals surface area contributed by atoms with Crippen LogP contribution >= 0.6 is 0 Å². The molecule has 0 aromatic heterocycles. The van der Waals surface area contributed by atoms with Gasteiger partial charge in [-0.2, -0.15) is 0 Å². The molecule has 2 aromatic carbocycles. The normalized spacial score (nSPS) is 11.8. The molecule has 0 bridgehead atoms. The van der Waals surface area contributed by atoms with Crippen molar-refractivity contribution in [1.82, 2.24) is 5.32 Å².